The Balaban J connectivity index is 1.82. The standard InChI is InChI=1S/C24H15BrFN3O3/c25-10-1-2-11-15(6-10)27-20-16(11)18-19(24(32)28-23(18)31)17-12-3-4-14(26)13-5-9(8-30)7-29(21(12)13)22(17)20/h1-4,6,9,27,30H,5,7-8H2,(H,28,31,32). The van der Waals surface area contributed by atoms with E-state index in [0.717, 1.165) is 37.3 Å². The van der Waals surface area contributed by atoms with E-state index in [-0.39, 0.29) is 18.3 Å². The average molecular weight is 492 g/mol. The lowest BCUT2D eigenvalue weighted by Crippen LogP contribution is -2.23. The van der Waals surface area contributed by atoms with Crippen LogP contribution in [-0.2, 0) is 13.0 Å². The number of hydrogen-bond acceptors (Lipinski definition) is 3. The van der Waals surface area contributed by atoms with Crippen LogP contribution in [0.25, 0.3) is 43.6 Å². The maximum Gasteiger partial charge on any atom is 0.259 e. The number of carbonyl (C=O) groups is 2. The van der Waals surface area contributed by atoms with Gasteiger partial charge in [-0.15, -0.1) is 0 Å². The summed E-state index contributed by atoms with van der Waals surface area (Å²) >= 11 is 3.50. The number of aromatic nitrogens is 2. The zero-order valence-corrected chi connectivity index (χ0v) is 18.1. The first-order valence-electron chi connectivity index (χ1n) is 10.3. The van der Waals surface area contributed by atoms with Gasteiger partial charge >= 0.3 is 0 Å². The highest BCUT2D eigenvalue weighted by Gasteiger charge is 2.37. The van der Waals surface area contributed by atoms with Crippen molar-refractivity contribution in [2.45, 2.75) is 13.0 Å². The van der Waals surface area contributed by atoms with Crippen LogP contribution in [0.5, 0.6) is 0 Å². The second-order valence-electron chi connectivity index (χ2n) is 8.61. The van der Waals surface area contributed by atoms with Crippen LogP contribution in [0.3, 0.4) is 0 Å². The van der Waals surface area contributed by atoms with E-state index in [2.05, 4.69) is 26.2 Å². The van der Waals surface area contributed by atoms with Crippen molar-refractivity contribution in [2.75, 3.05) is 6.61 Å². The normalized spacial score (nSPS) is 17.8. The Morgan fingerprint density at radius 2 is 1.81 bits per heavy atom. The molecular weight excluding hydrogens is 477 g/mol. The molecule has 5 aromatic rings. The van der Waals surface area contributed by atoms with Gasteiger partial charge in [0.1, 0.15) is 5.82 Å². The molecule has 2 amide bonds. The van der Waals surface area contributed by atoms with Gasteiger partial charge in [0.25, 0.3) is 11.8 Å². The lowest BCUT2D eigenvalue weighted by Gasteiger charge is -2.24. The molecule has 0 aliphatic carbocycles. The number of hydrogen-bond donors (Lipinski definition) is 3. The van der Waals surface area contributed by atoms with E-state index in [0.29, 0.717) is 40.4 Å². The molecule has 3 aromatic carbocycles. The summed E-state index contributed by atoms with van der Waals surface area (Å²) < 4.78 is 17.8. The number of amides is 2. The van der Waals surface area contributed by atoms with Crippen LogP contribution >= 0.6 is 15.9 Å². The summed E-state index contributed by atoms with van der Waals surface area (Å²) in [5.74, 6) is -1.33. The number of fused-ring (bicyclic) bond motifs is 10. The molecule has 158 valence electrons. The summed E-state index contributed by atoms with van der Waals surface area (Å²) in [5.41, 5.74) is 4.28. The number of aliphatic hydroxyl groups excluding tert-OH is 1. The van der Waals surface area contributed by atoms with Gasteiger partial charge < -0.3 is 14.7 Å². The predicted octanol–water partition coefficient (Wildman–Crippen LogP) is 4.38. The van der Waals surface area contributed by atoms with Gasteiger partial charge in [-0.25, -0.2) is 4.39 Å². The second-order valence-corrected chi connectivity index (χ2v) is 9.52. The SMILES string of the molecule is O=C1NC(=O)c2c1c1c3ccc(Br)cc3[nH]c1c1c2c2ccc(F)c3c2n1CC(CO)C3. The molecule has 0 saturated heterocycles. The predicted molar refractivity (Wildman–Crippen MR) is 123 cm³/mol. The second kappa shape index (κ2) is 5.96. The fraction of sp³-hybridized carbons (Fsp3) is 0.167. The Labute approximate surface area is 188 Å². The first kappa shape index (κ1) is 18.4. The molecule has 0 spiro atoms. The van der Waals surface area contributed by atoms with E-state index in [1.807, 2.05) is 22.8 Å². The van der Waals surface area contributed by atoms with Crippen molar-refractivity contribution in [1.82, 2.24) is 14.9 Å². The monoisotopic (exact) mass is 491 g/mol. The minimum atomic E-state index is -0.439. The van der Waals surface area contributed by atoms with E-state index in [1.54, 1.807) is 6.07 Å². The molecule has 32 heavy (non-hydrogen) atoms. The molecule has 2 aromatic heterocycles. The van der Waals surface area contributed by atoms with Crippen molar-refractivity contribution in [3.63, 3.8) is 0 Å². The molecule has 6 nitrogen and oxygen atoms in total. The molecule has 0 fully saturated rings. The minimum Gasteiger partial charge on any atom is -0.396 e. The first-order chi connectivity index (χ1) is 15.5. The first-order valence-corrected chi connectivity index (χ1v) is 11.1. The van der Waals surface area contributed by atoms with Gasteiger partial charge in [-0.3, -0.25) is 14.9 Å². The maximum atomic E-state index is 14.9. The van der Waals surface area contributed by atoms with Gasteiger partial charge in [0.2, 0.25) is 0 Å². The molecule has 2 aliphatic heterocycles. The summed E-state index contributed by atoms with van der Waals surface area (Å²) in [6.45, 7) is 0.428. The Bertz CT molecular complexity index is 1720. The number of H-pyrrole nitrogens is 1. The van der Waals surface area contributed by atoms with Gasteiger partial charge in [0.15, 0.2) is 0 Å². The summed E-state index contributed by atoms with van der Waals surface area (Å²) in [5, 5.41) is 15.3. The van der Waals surface area contributed by atoms with E-state index < -0.39 is 11.8 Å². The van der Waals surface area contributed by atoms with E-state index in [4.69, 9.17) is 0 Å². The van der Waals surface area contributed by atoms with Gasteiger partial charge in [-0.2, -0.15) is 0 Å². The number of benzene rings is 3. The number of imide groups is 1. The number of carbonyl (C=O) groups excluding carboxylic acids is 2. The summed E-state index contributed by atoms with van der Waals surface area (Å²) in [4.78, 5) is 29.4. The van der Waals surface area contributed by atoms with E-state index >= 15 is 0 Å². The molecule has 3 N–H and O–H groups in total. The third-order valence-corrected chi connectivity index (χ3v) is 7.39. The van der Waals surface area contributed by atoms with Crippen LogP contribution in [0.4, 0.5) is 4.39 Å². The lowest BCUT2D eigenvalue weighted by atomic mass is 9.93. The summed E-state index contributed by atoms with van der Waals surface area (Å²) in [6.07, 6.45) is 0.423. The van der Waals surface area contributed by atoms with Crippen LogP contribution in [-0.4, -0.2) is 33.1 Å². The van der Waals surface area contributed by atoms with Crippen LogP contribution in [0.15, 0.2) is 34.8 Å². The van der Waals surface area contributed by atoms with E-state index in [9.17, 15) is 19.1 Å². The highest BCUT2D eigenvalue weighted by atomic mass is 79.9. The fourth-order valence-corrected chi connectivity index (χ4v) is 6.02. The molecule has 1 atom stereocenters. The molecule has 1 unspecified atom stereocenters. The van der Waals surface area contributed by atoms with Crippen LogP contribution < -0.4 is 5.32 Å². The van der Waals surface area contributed by atoms with E-state index in [1.165, 1.54) is 6.07 Å². The van der Waals surface area contributed by atoms with Crippen molar-refractivity contribution in [2.24, 2.45) is 5.92 Å². The zero-order chi connectivity index (χ0) is 21.9. The highest BCUT2D eigenvalue weighted by molar-refractivity contribution is 9.10. The Kier molecular flexibility index (Phi) is 3.42. The highest BCUT2D eigenvalue weighted by Crippen LogP contribution is 2.46. The lowest BCUT2D eigenvalue weighted by molar-refractivity contribution is 0.0880. The number of aromatic amines is 1. The summed E-state index contributed by atoms with van der Waals surface area (Å²) in [7, 11) is 0. The quantitative estimate of drug-likeness (QED) is 0.304. The van der Waals surface area contributed by atoms with Crippen molar-refractivity contribution in [1.29, 1.82) is 0 Å². The van der Waals surface area contributed by atoms with Gasteiger partial charge in [0, 0.05) is 56.2 Å². The Hall–Kier alpha value is -3.23. The van der Waals surface area contributed by atoms with Crippen LogP contribution in [0, 0.1) is 11.7 Å². The van der Waals surface area contributed by atoms with Gasteiger partial charge in [0.05, 0.1) is 27.7 Å². The molecule has 4 heterocycles. The third-order valence-electron chi connectivity index (χ3n) is 6.89. The van der Waals surface area contributed by atoms with Gasteiger partial charge in [-0.1, -0.05) is 22.0 Å². The van der Waals surface area contributed by atoms with Crippen molar-refractivity contribution >= 4 is 71.4 Å². The molecular formula is C24H15BrFN3O3. The number of rotatable bonds is 1. The zero-order valence-electron chi connectivity index (χ0n) is 16.6. The number of nitrogens with zero attached hydrogens (tertiary/aromatic N) is 1. The van der Waals surface area contributed by atoms with Crippen LogP contribution in [0.1, 0.15) is 26.3 Å². The van der Waals surface area contributed by atoms with Crippen molar-refractivity contribution < 1.29 is 19.1 Å². The molecule has 0 saturated carbocycles. The molecule has 8 heteroatoms. The third kappa shape index (κ3) is 2.07. The van der Waals surface area contributed by atoms with Crippen LogP contribution in [0.2, 0.25) is 0 Å². The smallest absolute Gasteiger partial charge is 0.259 e. The topological polar surface area (TPSA) is 87.1 Å². The molecule has 0 bridgehead atoms. The summed E-state index contributed by atoms with van der Waals surface area (Å²) in [6, 6.07) is 8.85. The van der Waals surface area contributed by atoms with Crippen molar-refractivity contribution in [3.8, 4) is 0 Å². The Morgan fingerprint density at radius 1 is 1.06 bits per heavy atom. The maximum absolute atomic E-state index is 14.9. The number of aliphatic hydroxyl groups is 1. The van der Waals surface area contributed by atoms with Crippen molar-refractivity contribution in [3.05, 3.63) is 57.3 Å². The minimum absolute atomic E-state index is 0.0678. The number of nitrogens with one attached hydrogen (secondary N) is 2. The Morgan fingerprint density at radius 3 is 2.59 bits per heavy atom. The van der Waals surface area contributed by atoms with Gasteiger partial charge in [-0.05, 0) is 30.7 Å². The largest absolute Gasteiger partial charge is 0.396 e. The number of halogens is 2. The molecule has 7 rings (SSSR count). The fourth-order valence-electron chi connectivity index (χ4n) is 5.66. The average Bonchev–Trinajstić information content (AvgIpc) is 3.39. The molecule has 0 radical (unpaired) electrons. The molecule has 2 aliphatic rings.